The summed E-state index contributed by atoms with van der Waals surface area (Å²) in [4.78, 5) is 25.3. The molecule has 1 heterocycles. The minimum absolute atomic E-state index is 0.0182. The SMILES string of the molecule is CCCCCCCCCC(=O)Nc1sc(C)c(C)c1C(=O)OCC. The molecule has 1 N–H and O–H groups in total. The van der Waals surface area contributed by atoms with Crippen molar-refractivity contribution in [2.24, 2.45) is 0 Å². The van der Waals surface area contributed by atoms with Crippen LogP contribution in [0.2, 0.25) is 0 Å². The van der Waals surface area contributed by atoms with Gasteiger partial charge in [0.2, 0.25) is 5.91 Å². The highest BCUT2D eigenvalue weighted by molar-refractivity contribution is 7.16. The van der Waals surface area contributed by atoms with Crippen LogP contribution in [0, 0.1) is 13.8 Å². The molecule has 0 spiro atoms. The third kappa shape index (κ3) is 6.63. The quantitative estimate of drug-likeness (QED) is 0.415. The van der Waals surface area contributed by atoms with Crippen molar-refractivity contribution >= 4 is 28.2 Å². The average molecular weight is 354 g/mol. The van der Waals surface area contributed by atoms with Gasteiger partial charge >= 0.3 is 5.97 Å². The van der Waals surface area contributed by atoms with Gasteiger partial charge in [0.15, 0.2) is 0 Å². The monoisotopic (exact) mass is 353 g/mol. The number of anilines is 1. The molecule has 0 atom stereocenters. The lowest BCUT2D eigenvalue weighted by molar-refractivity contribution is -0.116. The number of rotatable bonds is 11. The summed E-state index contributed by atoms with van der Waals surface area (Å²) in [6, 6.07) is 0. The second kappa shape index (κ2) is 11.2. The summed E-state index contributed by atoms with van der Waals surface area (Å²) < 4.78 is 5.11. The largest absolute Gasteiger partial charge is 0.462 e. The van der Waals surface area contributed by atoms with Crippen LogP contribution in [0.1, 0.15) is 86.0 Å². The summed E-state index contributed by atoms with van der Waals surface area (Å²) in [5.41, 5.74) is 1.40. The molecule has 1 amide bonds. The lowest BCUT2D eigenvalue weighted by atomic mass is 10.1. The van der Waals surface area contributed by atoms with Crippen molar-refractivity contribution in [2.45, 2.75) is 79.1 Å². The molecule has 0 fully saturated rings. The van der Waals surface area contributed by atoms with Crippen molar-refractivity contribution in [3.05, 3.63) is 16.0 Å². The Kier molecular flexibility index (Phi) is 9.69. The Hall–Kier alpha value is -1.36. The van der Waals surface area contributed by atoms with E-state index in [2.05, 4.69) is 12.2 Å². The molecule has 4 nitrogen and oxygen atoms in total. The molecule has 0 radical (unpaired) electrons. The number of carbonyl (C=O) groups excluding carboxylic acids is 2. The topological polar surface area (TPSA) is 55.4 Å². The third-order valence-electron chi connectivity index (χ3n) is 4.13. The molecule has 5 heteroatoms. The van der Waals surface area contributed by atoms with Crippen LogP contribution in [0.4, 0.5) is 5.00 Å². The van der Waals surface area contributed by atoms with Crippen LogP contribution in [0.15, 0.2) is 0 Å². The highest BCUT2D eigenvalue weighted by atomic mass is 32.1. The van der Waals surface area contributed by atoms with E-state index in [4.69, 9.17) is 4.74 Å². The Morgan fingerprint density at radius 2 is 1.62 bits per heavy atom. The minimum atomic E-state index is -0.356. The Morgan fingerprint density at radius 3 is 2.25 bits per heavy atom. The standard InChI is InChI=1S/C19H31NO3S/c1-5-7-8-9-10-11-12-13-16(21)20-18-17(19(22)23-6-2)14(3)15(4)24-18/h5-13H2,1-4H3,(H,20,21). The van der Waals surface area contributed by atoms with Crippen LogP contribution in [-0.4, -0.2) is 18.5 Å². The first-order valence-electron chi connectivity index (χ1n) is 9.08. The smallest absolute Gasteiger partial charge is 0.341 e. The zero-order chi connectivity index (χ0) is 17.9. The fourth-order valence-corrected chi connectivity index (χ4v) is 3.66. The predicted octanol–water partition coefficient (Wildman–Crippen LogP) is 5.62. The van der Waals surface area contributed by atoms with Crippen molar-refractivity contribution in [1.82, 2.24) is 0 Å². The first-order valence-corrected chi connectivity index (χ1v) is 9.89. The van der Waals surface area contributed by atoms with Crippen LogP contribution in [0.3, 0.4) is 0 Å². The molecule has 0 aromatic carbocycles. The fourth-order valence-electron chi connectivity index (χ4n) is 2.60. The summed E-state index contributed by atoms with van der Waals surface area (Å²) in [5, 5.41) is 3.52. The van der Waals surface area contributed by atoms with E-state index in [-0.39, 0.29) is 11.9 Å². The van der Waals surface area contributed by atoms with Gasteiger partial charge in [-0.1, -0.05) is 45.4 Å². The molecule has 0 aliphatic heterocycles. The van der Waals surface area contributed by atoms with Crippen molar-refractivity contribution < 1.29 is 14.3 Å². The molecule has 0 saturated heterocycles. The van der Waals surface area contributed by atoms with Crippen molar-refractivity contribution in [3.63, 3.8) is 0 Å². The van der Waals surface area contributed by atoms with Crippen LogP contribution >= 0.6 is 11.3 Å². The van der Waals surface area contributed by atoms with Gasteiger partial charge in [0.25, 0.3) is 0 Å². The van der Waals surface area contributed by atoms with Gasteiger partial charge in [-0.25, -0.2) is 4.79 Å². The average Bonchev–Trinajstić information content (AvgIpc) is 2.81. The molecule has 0 saturated carbocycles. The third-order valence-corrected chi connectivity index (χ3v) is 5.25. The Labute approximate surface area is 150 Å². The maximum atomic E-state index is 12.1. The first-order chi connectivity index (χ1) is 11.5. The van der Waals surface area contributed by atoms with Gasteiger partial charge in [-0.2, -0.15) is 0 Å². The zero-order valence-corrected chi connectivity index (χ0v) is 16.3. The Balaban J connectivity index is 2.46. The molecule has 24 heavy (non-hydrogen) atoms. The van der Waals surface area contributed by atoms with Gasteiger partial charge in [-0.05, 0) is 32.8 Å². The summed E-state index contributed by atoms with van der Waals surface area (Å²) in [6.45, 7) is 8.17. The summed E-state index contributed by atoms with van der Waals surface area (Å²) in [5.74, 6) is -0.374. The second-order valence-corrected chi connectivity index (χ2v) is 7.35. The molecule has 1 rings (SSSR count). The van der Waals surface area contributed by atoms with Crippen LogP contribution in [-0.2, 0) is 9.53 Å². The maximum Gasteiger partial charge on any atom is 0.341 e. The van der Waals surface area contributed by atoms with Gasteiger partial charge in [0.05, 0.1) is 12.2 Å². The molecule has 1 aromatic heterocycles. The van der Waals surface area contributed by atoms with Crippen LogP contribution in [0.5, 0.6) is 0 Å². The van der Waals surface area contributed by atoms with E-state index in [1.807, 2.05) is 13.8 Å². The number of amides is 1. The molecule has 0 aliphatic rings. The number of ether oxygens (including phenoxy) is 1. The normalized spacial score (nSPS) is 10.7. The lowest BCUT2D eigenvalue weighted by Gasteiger charge is -2.07. The van der Waals surface area contributed by atoms with Gasteiger partial charge in [-0.15, -0.1) is 11.3 Å². The Bertz CT molecular complexity index is 537. The van der Waals surface area contributed by atoms with Crippen molar-refractivity contribution in [1.29, 1.82) is 0 Å². The number of unbranched alkanes of at least 4 members (excludes halogenated alkanes) is 6. The van der Waals surface area contributed by atoms with E-state index in [0.29, 0.717) is 23.6 Å². The van der Waals surface area contributed by atoms with Crippen molar-refractivity contribution in [3.8, 4) is 0 Å². The minimum Gasteiger partial charge on any atom is -0.462 e. The number of hydrogen-bond donors (Lipinski definition) is 1. The molecule has 136 valence electrons. The second-order valence-electron chi connectivity index (χ2n) is 6.13. The molecule has 1 aromatic rings. The zero-order valence-electron chi connectivity index (χ0n) is 15.5. The van der Waals surface area contributed by atoms with Gasteiger partial charge in [0.1, 0.15) is 5.00 Å². The number of esters is 1. The highest BCUT2D eigenvalue weighted by Gasteiger charge is 2.21. The van der Waals surface area contributed by atoms with E-state index in [1.165, 1.54) is 43.4 Å². The highest BCUT2D eigenvalue weighted by Crippen LogP contribution is 2.33. The molecular formula is C19H31NO3S. The van der Waals surface area contributed by atoms with E-state index in [0.717, 1.165) is 23.3 Å². The molecule has 0 aliphatic carbocycles. The van der Waals surface area contributed by atoms with Gasteiger partial charge in [-0.3, -0.25) is 4.79 Å². The fraction of sp³-hybridized carbons (Fsp3) is 0.684. The van der Waals surface area contributed by atoms with Gasteiger partial charge < -0.3 is 10.1 Å². The number of thiophene rings is 1. The lowest BCUT2D eigenvalue weighted by Crippen LogP contribution is -2.14. The molecular weight excluding hydrogens is 322 g/mol. The number of hydrogen-bond acceptors (Lipinski definition) is 4. The van der Waals surface area contributed by atoms with Crippen LogP contribution < -0.4 is 5.32 Å². The first kappa shape index (κ1) is 20.7. The number of nitrogens with one attached hydrogen (secondary N) is 1. The van der Waals surface area contributed by atoms with E-state index >= 15 is 0 Å². The van der Waals surface area contributed by atoms with E-state index in [9.17, 15) is 9.59 Å². The van der Waals surface area contributed by atoms with E-state index < -0.39 is 0 Å². The summed E-state index contributed by atoms with van der Waals surface area (Å²) in [6.07, 6.45) is 8.79. The maximum absolute atomic E-state index is 12.1. The number of aryl methyl sites for hydroxylation is 1. The van der Waals surface area contributed by atoms with E-state index in [1.54, 1.807) is 6.92 Å². The summed E-state index contributed by atoms with van der Waals surface area (Å²) in [7, 11) is 0. The Morgan fingerprint density at radius 1 is 1.00 bits per heavy atom. The van der Waals surface area contributed by atoms with Crippen molar-refractivity contribution in [2.75, 3.05) is 11.9 Å². The number of carbonyl (C=O) groups is 2. The summed E-state index contributed by atoms with van der Waals surface area (Å²) >= 11 is 1.44. The predicted molar refractivity (Wildman–Crippen MR) is 101 cm³/mol. The molecule has 0 bridgehead atoms. The molecule has 0 unspecified atom stereocenters. The van der Waals surface area contributed by atoms with Crippen LogP contribution in [0.25, 0.3) is 0 Å². The van der Waals surface area contributed by atoms with Gasteiger partial charge in [0, 0.05) is 11.3 Å².